The third kappa shape index (κ3) is 3.33. The standard InChI is InChI=1S/C14H22N2O/c1-2-6-16(7-3-1)10-14-8-12(11-17-14)9-15-13-4-5-13/h8,11,13,15H,1-7,9-10H2. The molecule has 0 radical (unpaired) electrons. The first-order chi connectivity index (χ1) is 8.40. The highest BCUT2D eigenvalue weighted by Gasteiger charge is 2.20. The number of furan rings is 1. The van der Waals surface area contributed by atoms with Gasteiger partial charge in [0.1, 0.15) is 5.76 Å². The van der Waals surface area contributed by atoms with Gasteiger partial charge in [0.25, 0.3) is 0 Å². The molecule has 17 heavy (non-hydrogen) atoms. The molecule has 3 heteroatoms. The van der Waals surface area contributed by atoms with Gasteiger partial charge in [0, 0.05) is 18.2 Å². The number of hydrogen-bond donors (Lipinski definition) is 1. The van der Waals surface area contributed by atoms with Crippen molar-refractivity contribution in [2.75, 3.05) is 13.1 Å². The predicted molar refractivity (Wildman–Crippen MR) is 67.7 cm³/mol. The first kappa shape index (κ1) is 11.3. The molecular formula is C14H22N2O. The lowest BCUT2D eigenvalue weighted by Crippen LogP contribution is -2.28. The molecule has 1 N–H and O–H groups in total. The summed E-state index contributed by atoms with van der Waals surface area (Å²) in [7, 11) is 0. The summed E-state index contributed by atoms with van der Waals surface area (Å²) >= 11 is 0. The summed E-state index contributed by atoms with van der Waals surface area (Å²) in [6.07, 6.45) is 8.68. The van der Waals surface area contributed by atoms with Gasteiger partial charge in [0.15, 0.2) is 0 Å². The molecule has 2 aliphatic rings. The van der Waals surface area contributed by atoms with Crippen LogP contribution in [-0.2, 0) is 13.1 Å². The summed E-state index contributed by atoms with van der Waals surface area (Å²) in [5.41, 5.74) is 1.30. The zero-order valence-electron chi connectivity index (χ0n) is 10.5. The molecule has 1 aliphatic heterocycles. The Morgan fingerprint density at radius 1 is 1.24 bits per heavy atom. The Balaban J connectivity index is 1.48. The van der Waals surface area contributed by atoms with E-state index in [9.17, 15) is 0 Å². The zero-order chi connectivity index (χ0) is 11.5. The summed E-state index contributed by atoms with van der Waals surface area (Å²) in [6.45, 7) is 4.42. The van der Waals surface area contributed by atoms with Gasteiger partial charge in [-0.15, -0.1) is 0 Å². The molecule has 0 spiro atoms. The fraction of sp³-hybridized carbons (Fsp3) is 0.714. The first-order valence-electron chi connectivity index (χ1n) is 6.92. The quantitative estimate of drug-likeness (QED) is 0.848. The second-order valence-corrected chi connectivity index (χ2v) is 5.41. The highest BCUT2D eigenvalue weighted by molar-refractivity contribution is 5.13. The van der Waals surface area contributed by atoms with Crippen molar-refractivity contribution < 1.29 is 4.42 Å². The van der Waals surface area contributed by atoms with Crippen LogP contribution in [0.3, 0.4) is 0 Å². The van der Waals surface area contributed by atoms with E-state index in [2.05, 4.69) is 16.3 Å². The number of hydrogen-bond acceptors (Lipinski definition) is 3. The van der Waals surface area contributed by atoms with Gasteiger partial charge in [-0.3, -0.25) is 4.90 Å². The summed E-state index contributed by atoms with van der Waals surface area (Å²) in [6, 6.07) is 2.99. The molecule has 0 aromatic carbocycles. The van der Waals surface area contributed by atoms with Crippen molar-refractivity contribution in [3.05, 3.63) is 23.7 Å². The van der Waals surface area contributed by atoms with Crippen LogP contribution in [0.1, 0.15) is 43.4 Å². The average molecular weight is 234 g/mol. The molecule has 1 saturated heterocycles. The van der Waals surface area contributed by atoms with Gasteiger partial charge in [0.05, 0.1) is 12.8 Å². The molecule has 0 unspecified atom stereocenters. The Hall–Kier alpha value is -0.800. The smallest absolute Gasteiger partial charge is 0.118 e. The number of nitrogens with zero attached hydrogens (tertiary/aromatic N) is 1. The maximum Gasteiger partial charge on any atom is 0.118 e. The average Bonchev–Trinajstić information content (AvgIpc) is 3.09. The maximum absolute atomic E-state index is 5.64. The predicted octanol–water partition coefficient (Wildman–Crippen LogP) is 2.52. The van der Waals surface area contributed by atoms with Crippen LogP contribution in [0.25, 0.3) is 0 Å². The van der Waals surface area contributed by atoms with E-state index in [4.69, 9.17) is 4.42 Å². The monoisotopic (exact) mass is 234 g/mol. The Morgan fingerprint density at radius 2 is 2.06 bits per heavy atom. The molecule has 1 aromatic heterocycles. The van der Waals surface area contributed by atoms with Crippen molar-refractivity contribution in [3.8, 4) is 0 Å². The fourth-order valence-corrected chi connectivity index (χ4v) is 2.49. The Morgan fingerprint density at radius 3 is 2.82 bits per heavy atom. The van der Waals surface area contributed by atoms with E-state index < -0.39 is 0 Å². The molecule has 0 atom stereocenters. The van der Waals surface area contributed by atoms with Gasteiger partial charge < -0.3 is 9.73 Å². The van der Waals surface area contributed by atoms with Crippen LogP contribution in [0, 0.1) is 0 Å². The third-order valence-corrected chi connectivity index (χ3v) is 3.71. The fourth-order valence-electron chi connectivity index (χ4n) is 2.49. The molecule has 2 heterocycles. The third-order valence-electron chi connectivity index (χ3n) is 3.71. The molecule has 94 valence electrons. The Labute approximate surface area is 103 Å². The normalized spacial score (nSPS) is 21.9. The molecule has 1 aromatic rings. The van der Waals surface area contributed by atoms with Crippen molar-refractivity contribution in [1.29, 1.82) is 0 Å². The molecular weight excluding hydrogens is 212 g/mol. The van der Waals surface area contributed by atoms with Crippen LogP contribution >= 0.6 is 0 Å². The first-order valence-corrected chi connectivity index (χ1v) is 6.92. The second kappa shape index (κ2) is 5.23. The van der Waals surface area contributed by atoms with Crippen LogP contribution in [-0.4, -0.2) is 24.0 Å². The van der Waals surface area contributed by atoms with E-state index in [0.717, 1.165) is 24.9 Å². The molecule has 2 fully saturated rings. The summed E-state index contributed by atoms with van der Waals surface area (Å²) in [4.78, 5) is 2.50. The summed E-state index contributed by atoms with van der Waals surface area (Å²) < 4.78 is 5.64. The van der Waals surface area contributed by atoms with Crippen molar-refractivity contribution in [2.45, 2.75) is 51.2 Å². The molecule has 3 nitrogen and oxygen atoms in total. The minimum Gasteiger partial charge on any atom is -0.468 e. The Bertz CT molecular complexity index is 351. The van der Waals surface area contributed by atoms with E-state index in [0.29, 0.717) is 0 Å². The number of likely N-dealkylation sites (tertiary alicyclic amines) is 1. The Kier molecular flexibility index (Phi) is 3.48. The minimum atomic E-state index is 0.774. The van der Waals surface area contributed by atoms with Crippen molar-refractivity contribution in [2.24, 2.45) is 0 Å². The lowest BCUT2D eigenvalue weighted by molar-refractivity contribution is 0.205. The van der Waals surface area contributed by atoms with Crippen molar-refractivity contribution in [3.63, 3.8) is 0 Å². The lowest BCUT2D eigenvalue weighted by atomic mass is 10.1. The van der Waals surface area contributed by atoms with Gasteiger partial charge in [0.2, 0.25) is 0 Å². The second-order valence-electron chi connectivity index (χ2n) is 5.41. The topological polar surface area (TPSA) is 28.4 Å². The van der Waals surface area contributed by atoms with Crippen LogP contribution in [0.5, 0.6) is 0 Å². The van der Waals surface area contributed by atoms with E-state index in [1.165, 1.54) is 50.8 Å². The molecule has 1 saturated carbocycles. The van der Waals surface area contributed by atoms with Crippen molar-refractivity contribution in [1.82, 2.24) is 10.2 Å². The molecule has 0 amide bonds. The minimum absolute atomic E-state index is 0.774. The largest absolute Gasteiger partial charge is 0.468 e. The summed E-state index contributed by atoms with van der Waals surface area (Å²) in [5, 5.41) is 3.52. The molecule has 1 aliphatic carbocycles. The van der Waals surface area contributed by atoms with Gasteiger partial charge in [-0.25, -0.2) is 0 Å². The number of piperidine rings is 1. The van der Waals surface area contributed by atoms with Crippen LogP contribution in [0.2, 0.25) is 0 Å². The van der Waals surface area contributed by atoms with E-state index in [1.54, 1.807) is 0 Å². The van der Waals surface area contributed by atoms with Gasteiger partial charge in [-0.2, -0.15) is 0 Å². The van der Waals surface area contributed by atoms with Crippen LogP contribution < -0.4 is 5.32 Å². The van der Waals surface area contributed by atoms with E-state index >= 15 is 0 Å². The highest BCUT2D eigenvalue weighted by atomic mass is 16.3. The van der Waals surface area contributed by atoms with E-state index in [-0.39, 0.29) is 0 Å². The zero-order valence-corrected chi connectivity index (χ0v) is 10.5. The molecule has 0 bridgehead atoms. The van der Waals surface area contributed by atoms with Crippen molar-refractivity contribution >= 4 is 0 Å². The van der Waals surface area contributed by atoms with Gasteiger partial charge in [-0.05, 0) is 44.8 Å². The summed E-state index contributed by atoms with van der Waals surface area (Å²) in [5.74, 6) is 1.12. The van der Waals surface area contributed by atoms with Crippen LogP contribution in [0.4, 0.5) is 0 Å². The van der Waals surface area contributed by atoms with Gasteiger partial charge >= 0.3 is 0 Å². The van der Waals surface area contributed by atoms with Crippen LogP contribution in [0.15, 0.2) is 16.7 Å². The maximum atomic E-state index is 5.64. The number of nitrogens with one attached hydrogen (secondary N) is 1. The SMILES string of the molecule is c1oc(CN2CCCCC2)cc1CNC1CC1. The van der Waals surface area contributed by atoms with E-state index in [1.807, 2.05) is 6.26 Å². The molecule has 3 rings (SSSR count). The lowest BCUT2D eigenvalue weighted by Gasteiger charge is -2.25. The number of rotatable bonds is 5. The highest BCUT2D eigenvalue weighted by Crippen LogP contribution is 2.20. The van der Waals surface area contributed by atoms with Gasteiger partial charge in [-0.1, -0.05) is 6.42 Å².